The van der Waals surface area contributed by atoms with Gasteiger partial charge in [-0.15, -0.1) is 0 Å². The number of nitrogens with zero attached hydrogens (tertiary/aromatic N) is 3. The number of benzene rings is 2. The lowest BCUT2D eigenvalue weighted by Gasteiger charge is -2.21. The molecule has 26 heavy (non-hydrogen) atoms. The summed E-state index contributed by atoms with van der Waals surface area (Å²) >= 11 is 0. The molecule has 6 nitrogen and oxygen atoms in total. The first-order valence-corrected chi connectivity index (χ1v) is 8.46. The lowest BCUT2D eigenvalue weighted by Crippen LogP contribution is -2.24. The fraction of sp³-hybridized carbons (Fsp3) is 0.250. The van der Waals surface area contributed by atoms with E-state index in [4.69, 9.17) is 0 Å². The van der Waals surface area contributed by atoms with Crippen LogP contribution in [-0.2, 0) is 4.79 Å². The third-order valence-electron chi connectivity index (χ3n) is 4.05. The number of carbonyl (C=O) groups excluding carboxylic acids is 1. The Morgan fingerprint density at radius 2 is 1.96 bits per heavy atom. The number of aromatic hydroxyl groups is 1. The first-order valence-electron chi connectivity index (χ1n) is 8.46. The maximum absolute atomic E-state index is 12.2. The average molecular weight is 350 g/mol. The molecule has 2 aromatic carbocycles. The summed E-state index contributed by atoms with van der Waals surface area (Å²) in [5, 5.41) is 23.2. The van der Waals surface area contributed by atoms with Gasteiger partial charge in [0.05, 0.1) is 12.3 Å². The summed E-state index contributed by atoms with van der Waals surface area (Å²) in [6.45, 7) is 5.77. The van der Waals surface area contributed by atoms with E-state index in [-0.39, 0.29) is 5.75 Å². The van der Waals surface area contributed by atoms with Crippen LogP contribution in [0.25, 0.3) is 0 Å². The van der Waals surface area contributed by atoms with Crippen molar-refractivity contribution in [2.24, 2.45) is 5.10 Å². The lowest BCUT2D eigenvalue weighted by molar-refractivity contribution is -0.121. The van der Waals surface area contributed by atoms with Crippen LogP contribution in [0.1, 0.15) is 30.9 Å². The maximum Gasteiger partial charge on any atom is 0.261 e. The van der Waals surface area contributed by atoms with Gasteiger partial charge in [0, 0.05) is 30.4 Å². The number of phenols is 1. The predicted molar refractivity (Wildman–Crippen MR) is 102 cm³/mol. The van der Waals surface area contributed by atoms with Gasteiger partial charge in [0.25, 0.3) is 5.91 Å². The Labute approximate surface area is 153 Å². The molecule has 0 saturated heterocycles. The number of hydrogen-bond acceptors (Lipinski definition) is 5. The fourth-order valence-corrected chi connectivity index (χ4v) is 2.59. The third kappa shape index (κ3) is 4.61. The topological polar surface area (TPSA) is 88.7 Å². The van der Waals surface area contributed by atoms with Crippen LogP contribution in [0.15, 0.2) is 53.6 Å². The van der Waals surface area contributed by atoms with Gasteiger partial charge in [0.15, 0.2) is 5.92 Å². The van der Waals surface area contributed by atoms with Gasteiger partial charge in [0.2, 0.25) is 0 Å². The molecule has 0 aliphatic rings. The molecule has 0 aromatic heterocycles. The summed E-state index contributed by atoms with van der Waals surface area (Å²) < 4.78 is 0. The van der Waals surface area contributed by atoms with Crippen LogP contribution in [0, 0.1) is 11.3 Å². The second kappa shape index (κ2) is 9.23. The zero-order valence-electron chi connectivity index (χ0n) is 14.9. The summed E-state index contributed by atoms with van der Waals surface area (Å²) in [6.07, 6.45) is 1.36. The highest BCUT2D eigenvalue weighted by atomic mass is 16.3. The molecule has 1 atom stereocenters. The minimum absolute atomic E-state index is 0.0762. The molecule has 0 saturated carbocycles. The molecule has 0 spiro atoms. The minimum Gasteiger partial charge on any atom is -0.507 e. The van der Waals surface area contributed by atoms with E-state index in [1.54, 1.807) is 36.4 Å². The number of phenolic OH excluding ortho intramolecular Hbond substituents is 1. The zero-order valence-corrected chi connectivity index (χ0v) is 14.9. The van der Waals surface area contributed by atoms with Gasteiger partial charge in [-0.25, -0.2) is 5.43 Å². The second-order valence-corrected chi connectivity index (χ2v) is 5.62. The molecule has 0 heterocycles. The van der Waals surface area contributed by atoms with Gasteiger partial charge >= 0.3 is 0 Å². The Hall–Kier alpha value is -3.33. The summed E-state index contributed by atoms with van der Waals surface area (Å²) in [7, 11) is 0. The molecule has 0 aliphatic carbocycles. The fourth-order valence-electron chi connectivity index (χ4n) is 2.59. The highest BCUT2D eigenvalue weighted by Crippen LogP contribution is 2.23. The van der Waals surface area contributed by atoms with Crippen LogP contribution in [0.5, 0.6) is 5.75 Å². The van der Waals surface area contributed by atoms with Gasteiger partial charge in [-0.05, 0) is 31.5 Å². The molecule has 2 rings (SSSR count). The smallest absolute Gasteiger partial charge is 0.261 e. The third-order valence-corrected chi connectivity index (χ3v) is 4.05. The van der Waals surface area contributed by atoms with Gasteiger partial charge in [-0.1, -0.05) is 30.3 Å². The maximum atomic E-state index is 12.2. The van der Waals surface area contributed by atoms with E-state index in [2.05, 4.69) is 15.4 Å². The summed E-state index contributed by atoms with van der Waals surface area (Å²) in [6, 6.07) is 16.0. The Kier molecular flexibility index (Phi) is 6.75. The van der Waals surface area contributed by atoms with Crippen LogP contribution in [-0.4, -0.2) is 30.3 Å². The Balaban J connectivity index is 2.06. The van der Waals surface area contributed by atoms with E-state index < -0.39 is 11.8 Å². The van der Waals surface area contributed by atoms with Crippen molar-refractivity contribution in [2.75, 3.05) is 18.0 Å². The number of hydrazone groups is 1. The molecule has 1 amide bonds. The molecule has 0 aliphatic heterocycles. The van der Waals surface area contributed by atoms with E-state index >= 15 is 0 Å². The molecular formula is C20H22N4O2. The van der Waals surface area contributed by atoms with Crippen LogP contribution in [0.3, 0.4) is 0 Å². The predicted octanol–water partition coefficient (Wildman–Crippen LogP) is 3.00. The quantitative estimate of drug-likeness (QED) is 0.593. The molecule has 0 fully saturated rings. The minimum atomic E-state index is -0.938. The Morgan fingerprint density at radius 3 is 2.54 bits per heavy atom. The number of carbonyl (C=O) groups is 1. The average Bonchev–Trinajstić information content (AvgIpc) is 2.66. The summed E-state index contributed by atoms with van der Waals surface area (Å²) in [4.78, 5) is 14.3. The number of rotatable bonds is 7. The SMILES string of the molecule is CCN(CC)c1ccc(/C=N\NC(=O)[C@@H](C#N)c2ccccc2)c(O)c1. The lowest BCUT2D eigenvalue weighted by atomic mass is 10.0. The van der Waals surface area contributed by atoms with Crippen molar-refractivity contribution in [3.05, 3.63) is 59.7 Å². The van der Waals surface area contributed by atoms with E-state index in [9.17, 15) is 15.2 Å². The highest BCUT2D eigenvalue weighted by Gasteiger charge is 2.19. The first kappa shape index (κ1) is 19.0. The largest absolute Gasteiger partial charge is 0.507 e. The first-order chi connectivity index (χ1) is 12.6. The molecule has 2 aromatic rings. The second-order valence-electron chi connectivity index (χ2n) is 5.62. The van der Waals surface area contributed by atoms with E-state index in [1.807, 2.05) is 32.0 Å². The van der Waals surface area contributed by atoms with Crippen LogP contribution < -0.4 is 10.3 Å². The van der Waals surface area contributed by atoms with Crippen molar-refractivity contribution < 1.29 is 9.90 Å². The van der Waals surface area contributed by atoms with Gasteiger partial charge in [-0.3, -0.25) is 4.79 Å². The van der Waals surface area contributed by atoms with Crippen molar-refractivity contribution in [2.45, 2.75) is 19.8 Å². The van der Waals surface area contributed by atoms with Crippen molar-refractivity contribution in [1.29, 1.82) is 5.26 Å². The molecule has 0 radical (unpaired) electrons. The number of nitrogens with one attached hydrogen (secondary N) is 1. The van der Waals surface area contributed by atoms with Crippen LogP contribution >= 0.6 is 0 Å². The van der Waals surface area contributed by atoms with E-state index in [0.717, 1.165) is 18.8 Å². The molecule has 6 heteroatoms. The van der Waals surface area contributed by atoms with Crippen molar-refractivity contribution in [3.8, 4) is 11.8 Å². The number of anilines is 1. The van der Waals surface area contributed by atoms with Crippen molar-refractivity contribution in [3.63, 3.8) is 0 Å². The molecular weight excluding hydrogens is 328 g/mol. The molecule has 0 bridgehead atoms. The van der Waals surface area contributed by atoms with Crippen molar-refractivity contribution >= 4 is 17.8 Å². The van der Waals surface area contributed by atoms with Crippen LogP contribution in [0.4, 0.5) is 5.69 Å². The molecule has 134 valence electrons. The Bertz CT molecular complexity index is 808. The number of nitriles is 1. The van der Waals surface area contributed by atoms with Crippen molar-refractivity contribution in [1.82, 2.24) is 5.43 Å². The summed E-state index contributed by atoms with van der Waals surface area (Å²) in [5.74, 6) is -1.38. The van der Waals surface area contributed by atoms with Gasteiger partial charge in [0.1, 0.15) is 5.75 Å². The van der Waals surface area contributed by atoms with Gasteiger partial charge in [-0.2, -0.15) is 10.4 Å². The summed E-state index contributed by atoms with van der Waals surface area (Å²) in [5.41, 5.74) is 4.36. The van der Waals surface area contributed by atoms with Gasteiger partial charge < -0.3 is 10.0 Å². The number of amides is 1. The van der Waals surface area contributed by atoms with E-state index in [1.165, 1.54) is 6.21 Å². The monoisotopic (exact) mass is 350 g/mol. The standard InChI is InChI=1S/C20H22N4O2/c1-3-24(4-2)17-11-10-16(19(25)12-17)14-22-23-20(26)18(13-21)15-8-6-5-7-9-15/h5-12,14,18,25H,3-4H2,1-2H3,(H,23,26)/b22-14-/t18-/m0/s1. The normalized spacial score (nSPS) is 11.7. The highest BCUT2D eigenvalue weighted by molar-refractivity contribution is 5.89. The molecule has 2 N–H and O–H groups in total. The molecule has 0 unspecified atom stereocenters. The number of hydrogen-bond donors (Lipinski definition) is 2. The van der Waals surface area contributed by atoms with Crippen LogP contribution in [0.2, 0.25) is 0 Å². The Morgan fingerprint density at radius 1 is 1.27 bits per heavy atom. The van der Waals surface area contributed by atoms with E-state index in [0.29, 0.717) is 11.1 Å². The zero-order chi connectivity index (χ0) is 18.9.